The molecule has 0 aliphatic carbocycles. The SMILES string of the molecule is COc1cccc([C@@H](NC(=O)N2CCCC2)c2nccn2C)c1. The summed E-state index contributed by atoms with van der Waals surface area (Å²) >= 11 is 0. The minimum absolute atomic E-state index is 0.0432. The maximum atomic E-state index is 12.5. The number of methoxy groups -OCH3 is 1. The minimum atomic E-state index is -0.307. The molecule has 0 spiro atoms. The summed E-state index contributed by atoms with van der Waals surface area (Å²) in [6.45, 7) is 1.63. The van der Waals surface area contributed by atoms with Crippen molar-refractivity contribution in [3.8, 4) is 5.75 Å². The maximum Gasteiger partial charge on any atom is 0.318 e. The van der Waals surface area contributed by atoms with Crippen molar-refractivity contribution in [1.29, 1.82) is 0 Å². The fourth-order valence-electron chi connectivity index (χ4n) is 2.91. The van der Waals surface area contributed by atoms with Crippen LogP contribution in [0, 0.1) is 0 Å². The highest BCUT2D eigenvalue weighted by Gasteiger charge is 2.25. The van der Waals surface area contributed by atoms with E-state index >= 15 is 0 Å². The molecule has 1 atom stereocenters. The fraction of sp³-hybridized carbons (Fsp3) is 0.412. The molecule has 1 aliphatic heterocycles. The first-order valence-electron chi connectivity index (χ1n) is 7.85. The van der Waals surface area contributed by atoms with Crippen LogP contribution in [0.4, 0.5) is 4.79 Å². The van der Waals surface area contributed by atoms with Gasteiger partial charge in [0.05, 0.1) is 7.11 Å². The number of aromatic nitrogens is 2. The molecular weight excluding hydrogens is 292 g/mol. The highest BCUT2D eigenvalue weighted by molar-refractivity contribution is 5.75. The Morgan fingerprint density at radius 2 is 2.13 bits per heavy atom. The van der Waals surface area contributed by atoms with Crippen molar-refractivity contribution in [2.75, 3.05) is 20.2 Å². The number of carbonyl (C=O) groups excluding carboxylic acids is 1. The number of ether oxygens (including phenoxy) is 1. The van der Waals surface area contributed by atoms with Crippen molar-refractivity contribution < 1.29 is 9.53 Å². The highest BCUT2D eigenvalue weighted by Crippen LogP contribution is 2.24. The highest BCUT2D eigenvalue weighted by atomic mass is 16.5. The van der Waals surface area contributed by atoms with Crippen LogP contribution in [0.3, 0.4) is 0 Å². The number of carbonyl (C=O) groups is 1. The van der Waals surface area contributed by atoms with Gasteiger partial charge in [-0.25, -0.2) is 9.78 Å². The molecule has 3 rings (SSSR count). The Morgan fingerprint density at radius 3 is 2.78 bits per heavy atom. The van der Waals surface area contributed by atoms with Crippen molar-refractivity contribution in [3.63, 3.8) is 0 Å². The number of amides is 2. The molecule has 1 aromatic carbocycles. The average molecular weight is 314 g/mol. The Bertz CT molecular complexity index is 677. The summed E-state index contributed by atoms with van der Waals surface area (Å²) in [7, 11) is 3.56. The third-order valence-corrected chi connectivity index (χ3v) is 4.20. The topological polar surface area (TPSA) is 59.4 Å². The molecule has 1 aromatic heterocycles. The molecule has 2 aromatic rings. The lowest BCUT2D eigenvalue weighted by Crippen LogP contribution is -2.41. The largest absolute Gasteiger partial charge is 0.497 e. The molecule has 0 bridgehead atoms. The normalized spacial score (nSPS) is 15.5. The predicted octanol–water partition coefficient (Wildman–Crippen LogP) is 2.32. The first-order valence-corrected chi connectivity index (χ1v) is 7.85. The summed E-state index contributed by atoms with van der Waals surface area (Å²) in [5, 5.41) is 3.12. The molecule has 122 valence electrons. The van der Waals surface area contributed by atoms with Crippen LogP contribution in [-0.2, 0) is 7.05 Å². The molecule has 1 aliphatic rings. The van der Waals surface area contributed by atoms with Crippen LogP contribution in [0.1, 0.15) is 30.3 Å². The Morgan fingerprint density at radius 1 is 1.35 bits per heavy atom. The van der Waals surface area contributed by atoms with Crippen LogP contribution in [0.15, 0.2) is 36.7 Å². The van der Waals surface area contributed by atoms with Gasteiger partial charge in [-0.05, 0) is 30.5 Å². The van der Waals surface area contributed by atoms with E-state index in [1.807, 2.05) is 47.0 Å². The smallest absolute Gasteiger partial charge is 0.318 e. The van der Waals surface area contributed by atoms with Crippen LogP contribution in [-0.4, -0.2) is 40.7 Å². The molecule has 1 N–H and O–H groups in total. The number of rotatable bonds is 4. The molecule has 1 saturated heterocycles. The Labute approximate surface area is 136 Å². The van der Waals surface area contributed by atoms with E-state index in [-0.39, 0.29) is 12.1 Å². The van der Waals surface area contributed by atoms with E-state index in [0.29, 0.717) is 0 Å². The number of urea groups is 1. The number of likely N-dealkylation sites (tertiary alicyclic amines) is 1. The predicted molar refractivity (Wildman–Crippen MR) is 87.4 cm³/mol. The number of nitrogens with one attached hydrogen (secondary N) is 1. The average Bonchev–Trinajstić information content (AvgIpc) is 3.24. The molecule has 1 fully saturated rings. The Balaban J connectivity index is 1.90. The van der Waals surface area contributed by atoms with Crippen molar-refractivity contribution in [3.05, 3.63) is 48.0 Å². The van der Waals surface area contributed by atoms with Crippen molar-refractivity contribution in [1.82, 2.24) is 19.8 Å². The first-order chi connectivity index (χ1) is 11.2. The van der Waals surface area contributed by atoms with Crippen LogP contribution < -0.4 is 10.1 Å². The number of nitrogens with zero attached hydrogens (tertiary/aromatic N) is 3. The number of hydrogen-bond donors (Lipinski definition) is 1. The third kappa shape index (κ3) is 3.31. The molecule has 23 heavy (non-hydrogen) atoms. The van der Waals surface area contributed by atoms with Crippen LogP contribution in [0.5, 0.6) is 5.75 Å². The monoisotopic (exact) mass is 314 g/mol. The summed E-state index contributed by atoms with van der Waals surface area (Å²) < 4.78 is 7.23. The van der Waals surface area contributed by atoms with Gasteiger partial charge in [-0.3, -0.25) is 0 Å². The van der Waals surface area contributed by atoms with Gasteiger partial charge in [0, 0.05) is 32.5 Å². The second kappa shape index (κ2) is 6.73. The molecular formula is C17H22N4O2. The van der Waals surface area contributed by atoms with E-state index in [9.17, 15) is 4.79 Å². The number of hydrogen-bond acceptors (Lipinski definition) is 3. The Kier molecular flexibility index (Phi) is 4.50. The molecule has 2 heterocycles. The Hall–Kier alpha value is -2.50. The van der Waals surface area contributed by atoms with Gasteiger partial charge >= 0.3 is 6.03 Å². The summed E-state index contributed by atoms with van der Waals surface area (Å²) in [5.74, 6) is 1.56. The van der Waals surface area contributed by atoms with Gasteiger partial charge < -0.3 is 19.5 Å². The fourth-order valence-corrected chi connectivity index (χ4v) is 2.91. The quantitative estimate of drug-likeness (QED) is 0.942. The zero-order chi connectivity index (χ0) is 16.2. The van der Waals surface area contributed by atoms with Crippen LogP contribution >= 0.6 is 0 Å². The van der Waals surface area contributed by atoms with Crippen molar-refractivity contribution in [2.45, 2.75) is 18.9 Å². The second-order valence-electron chi connectivity index (χ2n) is 5.75. The van der Waals surface area contributed by atoms with E-state index < -0.39 is 0 Å². The second-order valence-corrected chi connectivity index (χ2v) is 5.75. The van der Waals surface area contributed by atoms with Crippen molar-refractivity contribution in [2.24, 2.45) is 7.05 Å². The summed E-state index contributed by atoms with van der Waals surface area (Å²) in [4.78, 5) is 18.8. The standard InChI is InChI=1S/C17H22N4O2/c1-20-11-8-18-16(20)15(13-6-5-7-14(12-13)23-2)19-17(22)21-9-3-4-10-21/h5-8,11-12,15H,3-4,9-10H2,1-2H3,(H,19,22)/t15-/m1/s1. The number of aryl methyl sites for hydroxylation is 1. The van der Waals surface area contributed by atoms with E-state index in [2.05, 4.69) is 10.3 Å². The van der Waals surface area contributed by atoms with E-state index in [1.165, 1.54) is 0 Å². The van der Waals surface area contributed by atoms with E-state index in [0.717, 1.165) is 43.1 Å². The van der Waals surface area contributed by atoms with Gasteiger partial charge in [0.15, 0.2) is 0 Å². The van der Waals surface area contributed by atoms with Gasteiger partial charge in [-0.2, -0.15) is 0 Å². The van der Waals surface area contributed by atoms with Crippen LogP contribution in [0.2, 0.25) is 0 Å². The maximum absolute atomic E-state index is 12.5. The summed E-state index contributed by atoms with van der Waals surface area (Å²) in [6, 6.07) is 7.37. The van der Waals surface area contributed by atoms with Crippen molar-refractivity contribution >= 4 is 6.03 Å². The number of benzene rings is 1. The van der Waals surface area contributed by atoms with Gasteiger partial charge in [0.25, 0.3) is 0 Å². The lowest BCUT2D eigenvalue weighted by molar-refractivity contribution is 0.205. The number of imidazole rings is 1. The zero-order valence-electron chi connectivity index (χ0n) is 13.5. The molecule has 0 radical (unpaired) electrons. The third-order valence-electron chi connectivity index (χ3n) is 4.20. The lowest BCUT2D eigenvalue weighted by Gasteiger charge is -2.23. The van der Waals surface area contributed by atoms with E-state index in [1.54, 1.807) is 13.3 Å². The minimum Gasteiger partial charge on any atom is -0.497 e. The van der Waals surface area contributed by atoms with Crippen LogP contribution in [0.25, 0.3) is 0 Å². The molecule has 6 nitrogen and oxygen atoms in total. The zero-order valence-corrected chi connectivity index (χ0v) is 13.5. The molecule has 0 unspecified atom stereocenters. The van der Waals surface area contributed by atoms with E-state index in [4.69, 9.17) is 4.74 Å². The summed E-state index contributed by atoms with van der Waals surface area (Å²) in [5.41, 5.74) is 0.950. The first kappa shape index (κ1) is 15.4. The molecule has 6 heteroatoms. The molecule has 0 saturated carbocycles. The van der Waals surface area contributed by atoms with Gasteiger partial charge in [-0.15, -0.1) is 0 Å². The van der Waals surface area contributed by atoms with Gasteiger partial charge in [-0.1, -0.05) is 12.1 Å². The molecule has 2 amide bonds. The summed E-state index contributed by atoms with van der Waals surface area (Å²) in [6.07, 6.45) is 5.76. The van der Waals surface area contributed by atoms with Gasteiger partial charge in [0.2, 0.25) is 0 Å². The lowest BCUT2D eigenvalue weighted by atomic mass is 10.1. The van der Waals surface area contributed by atoms with Gasteiger partial charge in [0.1, 0.15) is 17.6 Å².